The minimum absolute atomic E-state index is 0.199. The van der Waals surface area contributed by atoms with E-state index in [4.69, 9.17) is 0 Å². The van der Waals surface area contributed by atoms with Crippen LogP contribution in [0.15, 0.2) is 18.7 Å². The lowest BCUT2D eigenvalue weighted by atomic mass is 10.3. The molecule has 0 saturated heterocycles. The predicted molar refractivity (Wildman–Crippen MR) is 65.7 cm³/mol. The van der Waals surface area contributed by atoms with E-state index in [0.29, 0.717) is 13.2 Å². The van der Waals surface area contributed by atoms with Crippen molar-refractivity contribution in [2.45, 2.75) is 32.7 Å². The quantitative estimate of drug-likeness (QED) is 0.421. The van der Waals surface area contributed by atoms with Crippen LogP contribution >= 0.6 is 0 Å². The molecule has 0 aliphatic rings. The summed E-state index contributed by atoms with van der Waals surface area (Å²) in [6.45, 7) is 3.48. The third-order valence-corrected chi connectivity index (χ3v) is 2.33. The van der Waals surface area contributed by atoms with Crippen molar-refractivity contribution in [3.63, 3.8) is 0 Å². The van der Waals surface area contributed by atoms with Crippen LogP contribution in [0.5, 0.6) is 0 Å². The molecular formula is C12H19N3O3. The van der Waals surface area contributed by atoms with Crippen molar-refractivity contribution in [3.05, 3.63) is 18.7 Å². The largest absolute Gasteiger partial charge is 0.466 e. The van der Waals surface area contributed by atoms with Crippen LogP contribution in [0.1, 0.15) is 26.2 Å². The van der Waals surface area contributed by atoms with E-state index in [9.17, 15) is 9.59 Å². The minimum atomic E-state index is -0.478. The highest BCUT2D eigenvalue weighted by molar-refractivity contribution is 5.94. The van der Waals surface area contributed by atoms with E-state index < -0.39 is 5.97 Å². The van der Waals surface area contributed by atoms with Crippen molar-refractivity contribution in [1.29, 1.82) is 0 Å². The fraction of sp³-hybridized carbons (Fsp3) is 0.583. The first-order valence-electron chi connectivity index (χ1n) is 6.10. The summed E-state index contributed by atoms with van der Waals surface area (Å²) in [6, 6.07) is 0. The Labute approximate surface area is 106 Å². The van der Waals surface area contributed by atoms with Gasteiger partial charge in [-0.2, -0.15) is 0 Å². The van der Waals surface area contributed by atoms with Gasteiger partial charge in [-0.15, -0.1) is 0 Å². The van der Waals surface area contributed by atoms with Gasteiger partial charge in [-0.1, -0.05) is 0 Å². The summed E-state index contributed by atoms with van der Waals surface area (Å²) >= 11 is 0. The van der Waals surface area contributed by atoms with Crippen LogP contribution in [0, 0.1) is 0 Å². The van der Waals surface area contributed by atoms with E-state index in [-0.39, 0.29) is 12.3 Å². The number of aromatic nitrogens is 2. The molecule has 100 valence electrons. The first kappa shape index (κ1) is 14.2. The van der Waals surface area contributed by atoms with Crippen LogP contribution in [-0.4, -0.2) is 34.6 Å². The lowest BCUT2D eigenvalue weighted by Gasteiger charge is -2.05. The van der Waals surface area contributed by atoms with Crippen LogP contribution in [-0.2, 0) is 20.9 Å². The summed E-state index contributed by atoms with van der Waals surface area (Å²) in [6.07, 6.45) is 7.03. The maximum absolute atomic E-state index is 11.3. The van der Waals surface area contributed by atoms with Gasteiger partial charge in [0, 0.05) is 25.5 Å². The number of unbranched alkanes of at least 4 members (excludes halogenated alkanes) is 1. The van der Waals surface area contributed by atoms with Gasteiger partial charge < -0.3 is 14.6 Å². The molecule has 0 saturated carbocycles. The Hall–Kier alpha value is -1.85. The number of hydrogen-bond donors (Lipinski definition) is 1. The van der Waals surface area contributed by atoms with Gasteiger partial charge in [-0.3, -0.25) is 9.59 Å². The molecule has 0 atom stereocenters. The molecule has 0 bridgehead atoms. The highest BCUT2D eigenvalue weighted by Gasteiger charge is 2.08. The first-order chi connectivity index (χ1) is 8.72. The molecule has 0 aromatic carbocycles. The van der Waals surface area contributed by atoms with Gasteiger partial charge in [0.15, 0.2) is 0 Å². The van der Waals surface area contributed by atoms with E-state index in [1.54, 1.807) is 19.4 Å². The van der Waals surface area contributed by atoms with E-state index in [1.165, 1.54) is 0 Å². The average Bonchev–Trinajstić information content (AvgIpc) is 2.81. The number of ether oxygens (including phenoxy) is 1. The SMILES string of the molecule is CCOC(=O)CC(=O)NCCCCn1ccnc1. The molecule has 0 aliphatic heterocycles. The topological polar surface area (TPSA) is 73.2 Å². The zero-order chi connectivity index (χ0) is 13.2. The average molecular weight is 253 g/mol. The van der Waals surface area contributed by atoms with Gasteiger partial charge in [-0.05, 0) is 19.8 Å². The minimum Gasteiger partial charge on any atom is -0.466 e. The number of nitrogens with one attached hydrogen (secondary N) is 1. The highest BCUT2D eigenvalue weighted by Crippen LogP contribution is 1.94. The number of esters is 1. The number of carbonyl (C=O) groups excluding carboxylic acids is 2. The monoisotopic (exact) mass is 253 g/mol. The first-order valence-corrected chi connectivity index (χ1v) is 6.10. The number of nitrogens with zero attached hydrogens (tertiary/aromatic N) is 2. The van der Waals surface area contributed by atoms with Crippen molar-refractivity contribution in [1.82, 2.24) is 14.9 Å². The van der Waals surface area contributed by atoms with Gasteiger partial charge in [-0.25, -0.2) is 4.98 Å². The Bertz CT molecular complexity index is 363. The summed E-state index contributed by atoms with van der Waals surface area (Å²) in [5.41, 5.74) is 0. The third-order valence-electron chi connectivity index (χ3n) is 2.33. The van der Waals surface area contributed by atoms with E-state index in [2.05, 4.69) is 15.0 Å². The zero-order valence-corrected chi connectivity index (χ0v) is 10.6. The second kappa shape index (κ2) is 8.27. The molecule has 1 N–H and O–H groups in total. The van der Waals surface area contributed by atoms with Gasteiger partial charge in [0.25, 0.3) is 0 Å². The van der Waals surface area contributed by atoms with Crippen molar-refractivity contribution < 1.29 is 14.3 Å². The molecule has 1 heterocycles. The normalized spacial score (nSPS) is 10.1. The Morgan fingerprint density at radius 1 is 1.39 bits per heavy atom. The molecular weight excluding hydrogens is 234 g/mol. The van der Waals surface area contributed by atoms with Crippen LogP contribution in [0.25, 0.3) is 0 Å². The summed E-state index contributed by atoms with van der Waals surface area (Å²) in [4.78, 5) is 26.2. The van der Waals surface area contributed by atoms with Gasteiger partial charge in [0.1, 0.15) is 6.42 Å². The van der Waals surface area contributed by atoms with Crippen molar-refractivity contribution in [3.8, 4) is 0 Å². The molecule has 0 spiro atoms. The second-order valence-corrected chi connectivity index (χ2v) is 3.84. The fourth-order valence-electron chi connectivity index (χ4n) is 1.47. The van der Waals surface area contributed by atoms with Crippen LogP contribution < -0.4 is 5.32 Å². The number of hydrogen-bond acceptors (Lipinski definition) is 4. The molecule has 6 heteroatoms. The lowest BCUT2D eigenvalue weighted by molar-refractivity contribution is -0.145. The van der Waals surface area contributed by atoms with Crippen molar-refractivity contribution in [2.75, 3.05) is 13.2 Å². The number of imidazole rings is 1. The molecule has 0 aliphatic carbocycles. The van der Waals surface area contributed by atoms with Crippen LogP contribution in [0.2, 0.25) is 0 Å². The Morgan fingerprint density at radius 3 is 2.89 bits per heavy atom. The second-order valence-electron chi connectivity index (χ2n) is 3.84. The molecule has 1 aromatic heterocycles. The van der Waals surface area contributed by atoms with Gasteiger partial charge in [0.05, 0.1) is 12.9 Å². The molecule has 0 fully saturated rings. The summed E-state index contributed by atoms with van der Waals surface area (Å²) in [5, 5.41) is 2.69. The van der Waals surface area contributed by atoms with Gasteiger partial charge >= 0.3 is 5.97 Å². The highest BCUT2D eigenvalue weighted by atomic mass is 16.5. The van der Waals surface area contributed by atoms with Crippen molar-refractivity contribution in [2.24, 2.45) is 0 Å². The molecule has 0 radical (unpaired) electrons. The third kappa shape index (κ3) is 6.03. The molecule has 18 heavy (non-hydrogen) atoms. The molecule has 1 aromatic rings. The maximum Gasteiger partial charge on any atom is 0.315 e. The maximum atomic E-state index is 11.3. The van der Waals surface area contributed by atoms with E-state index in [0.717, 1.165) is 19.4 Å². The van der Waals surface area contributed by atoms with Crippen LogP contribution in [0.3, 0.4) is 0 Å². The summed E-state index contributed by atoms with van der Waals surface area (Å²) in [5.74, 6) is -0.760. The smallest absolute Gasteiger partial charge is 0.315 e. The fourth-order valence-corrected chi connectivity index (χ4v) is 1.47. The van der Waals surface area contributed by atoms with E-state index in [1.807, 2.05) is 10.8 Å². The standard InChI is InChI=1S/C12H19N3O3/c1-2-18-12(17)9-11(16)14-5-3-4-7-15-8-6-13-10-15/h6,8,10H,2-5,7,9H2,1H3,(H,14,16). The number of rotatable bonds is 8. The predicted octanol–water partition coefficient (Wildman–Crippen LogP) is 0.733. The zero-order valence-electron chi connectivity index (χ0n) is 10.6. The van der Waals surface area contributed by atoms with E-state index >= 15 is 0 Å². The Morgan fingerprint density at radius 2 is 2.22 bits per heavy atom. The number of carbonyl (C=O) groups is 2. The van der Waals surface area contributed by atoms with Crippen molar-refractivity contribution >= 4 is 11.9 Å². The number of aryl methyl sites for hydroxylation is 1. The molecule has 6 nitrogen and oxygen atoms in total. The van der Waals surface area contributed by atoms with Crippen LogP contribution in [0.4, 0.5) is 0 Å². The number of amides is 1. The summed E-state index contributed by atoms with van der Waals surface area (Å²) in [7, 11) is 0. The Kier molecular flexibility index (Phi) is 6.53. The molecule has 1 rings (SSSR count). The lowest BCUT2D eigenvalue weighted by Crippen LogP contribution is -2.27. The Balaban J connectivity index is 2.00. The molecule has 0 unspecified atom stereocenters. The van der Waals surface area contributed by atoms with Gasteiger partial charge in [0.2, 0.25) is 5.91 Å². The molecule has 1 amide bonds. The summed E-state index contributed by atoms with van der Waals surface area (Å²) < 4.78 is 6.67.